The van der Waals surface area contributed by atoms with Crippen LogP contribution in [0, 0.1) is 22.7 Å². The molecule has 0 saturated carbocycles. The van der Waals surface area contributed by atoms with Crippen molar-refractivity contribution in [1.82, 2.24) is 0 Å². The van der Waals surface area contributed by atoms with Gasteiger partial charge in [0.15, 0.2) is 0 Å². The Labute approximate surface area is 348 Å². The normalized spacial score (nSPS) is 24.1. The van der Waals surface area contributed by atoms with E-state index < -0.39 is 82.6 Å². The third-order valence-electron chi connectivity index (χ3n) is 13.0. The van der Waals surface area contributed by atoms with Crippen molar-refractivity contribution in [2.24, 2.45) is 17.3 Å². The third kappa shape index (κ3) is 6.71. The minimum Gasteiger partial charge on any atom is -0.510 e. The van der Waals surface area contributed by atoms with E-state index in [4.69, 9.17) is 33.8 Å². The maximum absolute atomic E-state index is 15.5. The first kappa shape index (κ1) is 44.1. The Hall–Kier alpha value is -4.46. The highest BCUT2D eigenvalue weighted by molar-refractivity contribution is 6.76. The summed E-state index contributed by atoms with van der Waals surface area (Å²) in [4.78, 5) is 44.9. The summed E-state index contributed by atoms with van der Waals surface area (Å²) in [6.45, 7) is 17.2. The van der Waals surface area contributed by atoms with Gasteiger partial charge in [0.05, 0.1) is 49.6 Å². The average molecular weight is 832 g/mol. The van der Waals surface area contributed by atoms with Crippen molar-refractivity contribution < 1.29 is 53.0 Å². The molecule has 0 aromatic heterocycles. The first-order valence-electron chi connectivity index (χ1n) is 20.8. The van der Waals surface area contributed by atoms with Crippen LogP contribution in [0.5, 0.6) is 11.5 Å². The summed E-state index contributed by atoms with van der Waals surface area (Å²) in [5.41, 5.74) is 0.539. The van der Waals surface area contributed by atoms with Crippen molar-refractivity contribution in [3.63, 3.8) is 0 Å². The second-order valence-electron chi connectivity index (χ2n) is 18.1. The fourth-order valence-corrected chi connectivity index (χ4v) is 10.5. The minimum atomic E-state index is -2.15. The second-order valence-corrected chi connectivity index (χ2v) is 23.7. The molecule has 59 heavy (non-hydrogen) atoms. The number of fused-ring (bicyclic) bond motifs is 3. The van der Waals surface area contributed by atoms with Gasteiger partial charge in [-0.15, -0.1) is 0 Å². The molecule has 0 radical (unpaired) electrons. The third-order valence-corrected chi connectivity index (χ3v) is 14.7. The quantitative estimate of drug-likeness (QED) is 0.0293. The van der Waals surface area contributed by atoms with Gasteiger partial charge < -0.3 is 38.6 Å². The monoisotopic (exact) mass is 831 g/mol. The summed E-state index contributed by atoms with van der Waals surface area (Å²) in [7, 11) is 2.55. The van der Waals surface area contributed by atoms with Crippen LogP contribution in [0.1, 0.15) is 94.6 Å². The molecular weight excluding hydrogens is 771 g/mol. The van der Waals surface area contributed by atoms with E-state index in [0.717, 1.165) is 36.8 Å². The van der Waals surface area contributed by atoms with E-state index in [2.05, 4.69) is 52.6 Å². The molecule has 6 rings (SSSR count). The van der Waals surface area contributed by atoms with Gasteiger partial charge >= 0.3 is 5.97 Å². The SMILES string of the molecule is CCCCOC(=N)C1=C(O)[C@H](C(=O)OCC[Si](C)(C)C)[C@@H]2C(=C(O)C3=C(C4=C[C@@]5(C(C)=CCCC5(C)C)c5c(OC)cc(OCCCC)c(c54)C3=O)C2(OC)OC)C1=O. The maximum atomic E-state index is 15.5. The minimum absolute atomic E-state index is 0.0366. The van der Waals surface area contributed by atoms with E-state index >= 15 is 4.79 Å². The van der Waals surface area contributed by atoms with Crippen LogP contribution in [0.3, 0.4) is 0 Å². The van der Waals surface area contributed by atoms with E-state index in [1.807, 2.05) is 13.8 Å². The molecule has 320 valence electrons. The maximum Gasteiger partial charge on any atom is 0.317 e. The predicted octanol–water partition coefficient (Wildman–Crippen LogP) is 8.89. The lowest BCUT2D eigenvalue weighted by Crippen LogP contribution is -2.57. The fraction of sp³-hybridized carbons (Fsp3) is 0.565. The Morgan fingerprint density at radius 3 is 2.19 bits per heavy atom. The number of Topliss-reactive ketones (excluding diaryl/α,β-unsaturated/α-hetero) is 2. The number of allylic oxidation sites excluding steroid dienone is 4. The standard InChI is InChI=1S/C46H61NO11Si/c1-12-14-19-56-27-23-28(53-6)36-29-26(24-45(36)25(3)17-16-18-44(45,4)5)35-31(38(48)30(27)29)39(49)32-37(46(35,54-7)55-8)33(43(52)58-21-22-59(9,10)11)41(51)34(40(32)50)42(47)57-20-15-13-2/h17,23-24,33,37,47,49,51H,12-16,18-22H2,1-11H3/t33-,37+,45-/m1/s1. The molecule has 12 nitrogen and oxygen atoms in total. The lowest BCUT2D eigenvalue weighted by molar-refractivity contribution is -0.217. The molecule has 1 aromatic carbocycles. The molecule has 3 atom stereocenters. The Morgan fingerprint density at radius 1 is 0.932 bits per heavy atom. The molecule has 3 N–H and O–H groups in total. The molecule has 0 bridgehead atoms. The predicted molar refractivity (Wildman–Crippen MR) is 227 cm³/mol. The lowest BCUT2D eigenvalue weighted by atomic mass is 9.55. The van der Waals surface area contributed by atoms with Gasteiger partial charge in [-0.05, 0) is 49.6 Å². The van der Waals surface area contributed by atoms with Gasteiger partial charge in [0.25, 0.3) is 0 Å². The van der Waals surface area contributed by atoms with Crippen LogP contribution < -0.4 is 9.47 Å². The number of carbonyl (C=O) groups excluding carboxylic acids is 3. The van der Waals surface area contributed by atoms with Crippen LogP contribution >= 0.6 is 0 Å². The van der Waals surface area contributed by atoms with Crippen LogP contribution in [-0.4, -0.2) is 88.7 Å². The molecule has 1 aromatic rings. The van der Waals surface area contributed by atoms with E-state index in [1.165, 1.54) is 14.2 Å². The molecule has 0 saturated heterocycles. The molecule has 1 spiro atoms. The number of rotatable bonds is 15. The molecule has 13 heteroatoms. The van der Waals surface area contributed by atoms with Gasteiger partial charge in [-0.2, -0.15) is 0 Å². The highest BCUT2D eigenvalue weighted by Crippen LogP contribution is 2.67. The molecule has 5 aliphatic rings. The number of unbranched alkanes of at least 4 members (excludes halogenated alkanes) is 2. The van der Waals surface area contributed by atoms with Gasteiger partial charge in [-0.1, -0.05) is 77.9 Å². The van der Waals surface area contributed by atoms with Crippen molar-refractivity contribution in [1.29, 1.82) is 5.41 Å². The molecule has 0 unspecified atom stereocenters. The highest BCUT2D eigenvalue weighted by Gasteiger charge is 2.66. The largest absolute Gasteiger partial charge is 0.510 e. The number of aliphatic hydroxyl groups excluding tert-OH is 2. The summed E-state index contributed by atoms with van der Waals surface area (Å²) in [5, 5.41) is 33.6. The lowest BCUT2D eigenvalue weighted by Gasteiger charge is -2.49. The molecule has 0 heterocycles. The molecule has 5 aliphatic carbocycles. The second kappa shape index (κ2) is 16.2. The first-order chi connectivity index (χ1) is 27.8. The highest BCUT2D eigenvalue weighted by atomic mass is 28.3. The van der Waals surface area contributed by atoms with Crippen molar-refractivity contribution in [2.75, 3.05) is 41.2 Å². The zero-order valence-corrected chi connectivity index (χ0v) is 37.5. The number of esters is 1. The fourth-order valence-electron chi connectivity index (χ4n) is 9.80. The molecule has 0 fully saturated rings. The van der Waals surface area contributed by atoms with E-state index in [1.54, 1.807) is 13.2 Å². The number of ether oxygens (including phenoxy) is 6. The van der Waals surface area contributed by atoms with Crippen LogP contribution in [-0.2, 0) is 34.0 Å². The van der Waals surface area contributed by atoms with Crippen LogP contribution in [0.4, 0.5) is 0 Å². The van der Waals surface area contributed by atoms with Gasteiger partial charge in [0.1, 0.15) is 34.5 Å². The number of carbonyl (C=O) groups is 3. The number of ketones is 2. The Kier molecular flexibility index (Phi) is 12.1. The summed E-state index contributed by atoms with van der Waals surface area (Å²) in [5.74, 6) is -9.38. The van der Waals surface area contributed by atoms with Crippen molar-refractivity contribution >= 4 is 37.1 Å². The zero-order valence-electron chi connectivity index (χ0n) is 36.5. The van der Waals surface area contributed by atoms with E-state index in [0.29, 0.717) is 42.4 Å². The summed E-state index contributed by atoms with van der Waals surface area (Å²) >= 11 is 0. The Morgan fingerprint density at radius 2 is 1.59 bits per heavy atom. The summed E-state index contributed by atoms with van der Waals surface area (Å²) in [6, 6.07) is 2.35. The van der Waals surface area contributed by atoms with Gasteiger partial charge in [-0.3, -0.25) is 19.8 Å². The van der Waals surface area contributed by atoms with Crippen LogP contribution in [0.25, 0.3) is 5.57 Å². The number of nitrogens with one attached hydrogen (secondary N) is 1. The first-order valence-corrected chi connectivity index (χ1v) is 24.5. The number of methoxy groups -OCH3 is 3. The van der Waals surface area contributed by atoms with Gasteiger partial charge in [0.2, 0.25) is 23.3 Å². The zero-order chi connectivity index (χ0) is 43.4. The van der Waals surface area contributed by atoms with Gasteiger partial charge in [0, 0.05) is 50.5 Å². The van der Waals surface area contributed by atoms with Crippen molar-refractivity contribution in [3.05, 3.63) is 74.3 Å². The molecule has 0 amide bonds. The Balaban J connectivity index is 1.71. The summed E-state index contributed by atoms with van der Waals surface area (Å²) < 4.78 is 36.9. The van der Waals surface area contributed by atoms with E-state index in [-0.39, 0.29) is 35.7 Å². The number of benzene rings is 1. The molecule has 0 aliphatic heterocycles. The number of aliphatic hydroxyl groups is 2. The van der Waals surface area contributed by atoms with Crippen molar-refractivity contribution in [3.8, 4) is 11.5 Å². The number of hydrogen-bond acceptors (Lipinski definition) is 12. The topological polar surface area (TPSA) is 171 Å². The Bertz CT molecular complexity index is 2130. The van der Waals surface area contributed by atoms with Crippen LogP contribution in [0.15, 0.2) is 57.6 Å². The smallest absolute Gasteiger partial charge is 0.317 e. The van der Waals surface area contributed by atoms with Gasteiger partial charge in [-0.25, -0.2) is 0 Å². The molecular formula is C46H61NO11Si. The average Bonchev–Trinajstić information content (AvgIpc) is 3.53. The van der Waals surface area contributed by atoms with E-state index in [9.17, 15) is 19.8 Å². The van der Waals surface area contributed by atoms with Crippen molar-refractivity contribution in [2.45, 2.75) is 110 Å². The van der Waals surface area contributed by atoms with Crippen LogP contribution in [0.2, 0.25) is 25.7 Å². The number of hydrogen-bond donors (Lipinski definition) is 3. The summed E-state index contributed by atoms with van der Waals surface area (Å²) in [6.07, 6.45) is 8.76.